The van der Waals surface area contributed by atoms with Crippen LogP contribution in [0, 0.1) is 11.8 Å². The van der Waals surface area contributed by atoms with Crippen molar-refractivity contribution < 1.29 is 10.2 Å². The highest BCUT2D eigenvalue weighted by Gasteiger charge is 2.26. The number of aliphatic hydroxyl groups is 2. The summed E-state index contributed by atoms with van der Waals surface area (Å²) in [6.07, 6.45) is 2.19. The van der Waals surface area contributed by atoms with Crippen LogP contribution in [0.15, 0.2) is 11.1 Å². The van der Waals surface area contributed by atoms with Crippen molar-refractivity contribution in [2.45, 2.75) is 26.7 Å². The van der Waals surface area contributed by atoms with Gasteiger partial charge in [-0.05, 0) is 37.2 Å². The Kier molecular flexibility index (Phi) is 3.29. The van der Waals surface area contributed by atoms with E-state index in [1.165, 1.54) is 5.57 Å². The van der Waals surface area contributed by atoms with Crippen LogP contribution in [0.5, 0.6) is 0 Å². The molecule has 1 aliphatic rings. The fourth-order valence-electron chi connectivity index (χ4n) is 2.03. The van der Waals surface area contributed by atoms with Crippen molar-refractivity contribution in [1.29, 1.82) is 0 Å². The molecule has 0 unspecified atom stereocenters. The zero-order valence-corrected chi connectivity index (χ0v) is 7.88. The lowest BCUT2D eigenvalue weighted by molar-refractivity contribution is 0.193. The maximum Gasteiger partial charge on any atom is 0.0647 e. The zero-order valence-electron chi connectivity index (χ0n) is 7.88. The lowest BCUT2D eigenvalue weighted by Gasteiger charge is -2.19. The summed E-state index contributed by atoms with van der Waals surface area (Å²) in [6.45, 7) is 4.51. The third-order valence-electron chi connectivity index (χ3n) is 2.97. The summed E-state index contributed by atoms with van der Waals surface area (Å²) in [7, 11) is 0. The molecule has 0 aliphatic heterocycles. The molecule has 0 aromatic heterocycles. The van der Waals surface area contributed by atoms with Crippen molar-refractivity contribution in [3.63, 3.8) is 0 Å². The maximum absolute atomic E-state index is 9.11. The lowest BCUT2D eigenvalue weighted by Crippen LogP contribution is -2.16. The van der Waals surface area contributed by atoms with E-state index in [-0.39, 0.29) is 13.2 Å². The Morgan fingerprint density at radius 1 is 1.50 bits per heavy atom. The molecule has 0 saturated heterocycles. The van der Waals surface area contributed by atoms with Crippen molar-refractivity contribution in [1.82, 2.24) is 0 Å². The van der Waals surface area contributed by atoms with Crippen LogP contribution in [0.1, 0.15) is 26.7 Å². The predicted molar refractivity (Wildman–Crippen MR) is 48.8 cm³/mol. The minimum Gasteiger partial charge on any atom is -0.396 e. The third-order valence-corrected chi connectivity index (χ3v) is 2.97. The van der Waals surface area contributed by atoms with Crippen LogP contribution in [0.3, 0.4) is 0 Å². The van der Waals surface area contributed by atoms with Crippen molar-refractivity contribution in [3.8, 4) is 0 Å². The molecule has 1 aliphatic carbocycles. The van der Waals surface area contributed by atoms with Crippen molar-refractivity contribution >= 4 is 0 Å². The highest BCUT2D eigenvalue weighted by molar-refractivity contribution is 5.22. The number of rotatable bonds is 3. The summed E-state index contributed by atoms with van der Waals surface area (Å²) < 4.78 is 0. The summed E-state index contributed by atoms with van der Waals surface area (Å²) in [4.78, 5) is 0. The summed E-state index contributed by atoms with van der Waals surface area (Å²) in [5.41, 5.74) is 2.49. The Morgan fingerprint density at radius 2 is 2.17 bits per heavy atom. The topological polar surface area (TPSA) is 40.5 Å². The highest BCUT2D eigenvalue weighted by atomic mass is 16.3. The molecule has 0 aromatic carbocycles. The highest BCUT2D eigenvalue weighted by Crippen LogP contribution is 2.36. The molecule has 0 aromatic rings. The largest absolute Gasteiger partial charge is 0.396 e. The second-order valence-corrected chi connectivity index (χ2v) is 3.77. The molecule has 2 heteroatoms. The molecule has 0 radical (unpaired) electrons. The molecule has 0 heterocycles. The molecular weight excluding hydrogens is 152 g/mol. The predicted octanol–water partition coefficient (Wildman–Crippen LogP) is 1.33. The Morgan fingerprint density at radius 3 is 2.67 bits per heavy atom. The van der Waals surface area contributed by atoms with Crippen LogP contribution in [0.2, 0.25) is 0 Å². The van der Waals surface area contributed by atoms with Gasteiger partial charge in [-0.2, -0.15) is 0 Å². The van der Waals surface area contributed by atoms with E-state index in [1.807, 2.05) is 6.92 Å². The van der Waals surface area contributed by atoms with Gasteiger partial charge in [0.25, 0.3) is 0 Å². The van der Waals surface area contributed by atoms with E-state index >= 15 is 0 Å². The van der Waals surface area contributed by atoms with Gasteiger partial charge in [-0.3, -0.25) is 0 Å². The molecular formula is C10H18O2. The number of aliphatic hydroxyl groups excluding tert-OH is 2. The Balaban J connectivity index is 2.69. The first kappa shape index (κ1) is 9.75. The fraction of sp³-hybridized carbons (Fsp3) is 0.800. The van der Waals surface area contributed by atoms with Crippen molar-refractivity contribution in [2.75, 3.05) is 13.2 Å². The first-order valence-electron chi connectivity index (χ1n) is 4.61. The van der Waals surface area contributed by atoms with Gasteiger partial charge in [-0.25, -0.2) is 0 Å². The van der Waals surface area contributed by atoms with Crippen molar-refractivity contribution in [2.24, 2.45) is 11.8 Å². The van der Waals surface area contributed by atoms with E-state index < -0.39 is 0 Å². The van der Waals surface area contributed by atoms with Gasteiger partial charge in [0.15, 0.2) is 0 Å². The summed E-state index contributed by atoms with van der Waals surface area (Å²) in [5.74, 6) is 0.713. The van der Waals surface area contributed by atoms with Gasteiger partial charge in [0.1, 0.15) is 0 Å². The Hall–Kier alpha value is -0.340. The van der Waals surface area contributed by atoms with Crippen LogP contribution < -0.4 is 0 Å². The summed E-state index contributed by atoms with van der Waals surface area (Å²) in [5, 5.41) is 18.1. The first-order valence-corrected chi connectivity index (χ1v) is 4.61. The van der Waals surface area contributed by atoms with E-state index in [0.717, 1.165) is 18.4 Å². The molecule has 2 atom stereocenters. The number of allylic oxidation sites excluding steroid dienone is 1. The van der Waals surface area contributed by atoms with Gasteiger partial charge >= 0.3 is 0 Å². The van der Waals surface area contributed by atoms with E-state index in [1.54, 1.807) is 0 Å². The second-order valence-electron chi connectivity index (χ2n) is 3.77. The fourth-order valence-corrected chi connectivity index (χ4v) is 2.03. The van der Waals surface area contributed by atoms with Crippen LogP contribution in [0.4, 0.5) is 0 Å². The molecule has 0 fully saturated rings. The SMILES string of the molecule is CC1=C(CO)[C@H]([C@@H](C)CO)CC1. The van der Waals surface area contributed by atoms with E-state index in [0.29, 0.717) is 11.8 Å². The summed E-state index contributed by atoms with van der Waals surface area (Å²) in [6, 6.07) is 0. The first-order chi connectivity index (χ1) is 5.70. The van der Waals surface area contributed by atoms with Crippen LogP contribution >= 0.6 is 0 Å². The average molecular weight is 170 g/mol. The smallest absolute Gasteiger partial charge is 0.0647 e. The van der Waals surface area contributed by atoms with E-state index in [4.69, 9.17) is 10.2 Å². The number of hydrogen-bond donors (Lipinski definition) is 2. The molecule has 2 nitrogen and oxygen atoms in total. The maximum atomic E-state index is 9.11. The molecule has 0 spiro atoms. The molecule has 0 amide bonds. The molecule has 0 bridgehead atoms. The van der Waals surface area contributed by atoms with Gasteiger partial charge in [-0.15, -0.1) is 0 Å². The van der Waals surface area contributed by atoms with Crippen LogP contribution in [-0.4, -0.2) is 23.4 Å². The molecule has 2 N–H and O–H groups in total. The van der Waals surface area contributed by atoms with Crippen LogP contribution in [0.25, 0.3) is 0 Å². The molecule has 70 valence electrons. The minimum absolute atomic E-state index is 0.168. The van der Waals surface area contributed by atoms with Gasteiger partial charge < -0.3 is 10.2 Å². The van der Waals surface area contributed by atoms with Gasteiger partial charge in [-0.1, -0.05) is 12.5 Å². The van der Waals surface area contributed by atoms with Gasteiger partial charge in [0.05, 0.1) is 6.61 Å². The number of hydrogen-bond acceptors (Lipinski definition) is 2. The quantitative estimate of drug-likeness (QED) is 0.627. The van der Waals surface area contributed by atoms with Gasteiger partial charge in [0, 0.05) is 6.61 Å². The summed E-state index contributed by atoms with van der Waals surface area (Å²) >= 11 is 0. The average Bonchev–Trinajstić information content (AvgIpc) is 2.45. The van der Waals surface area contributed by atoms with Gasteiger partial charge in [0.2, 0.25) is 0 Å². The monoisotopic (exact) mass is 170 g/mol. The molecule has 12 heavy (non-hydrogen) atoms. The normalized spacial score (nSPS) is 26.5. The molecule has 0 saturated carbocycles. The standard InChI is InChI=1S/C10H18O2/c1-7-3-4-9(8(2)5-11)10(7)6-12/h8-9,11-12H,3-6H2,1-2H3/t8-,9-/m0/s1. The minimum atomic E-state index is 0.168. The lowest BCUT2D eigenvalue weighted by atomic mass is 9.89. The zero-order chi connectivity index (χ0) is 9.14. The van der Waals surface area contributed by atoms with E-state index in [9.17, 15) is 0 Å². The van der Waals surface area contributed by atoms with E-state index in [2.05, 4.69) is 6.92 Å². The Labute approximate surface area is 73.9 Å². The second kappa shape index (κ2) is 4.06. The Bertz CT molecular complexity index is 184. The molecule has 1 rings (SSSR count). The van der Waals surface area contributed by atoms with Crippen LogP contribution in [-0.2, 0) is 0 Å². The third kappa shape index (κ3) is 1.70. The van der Waals surface area contributed by atoms with Crippen molar-refractivity contribution in [3.05, 3.63) is 11.1 Å².